The molecule has 0 aliphatic heterocycles. The number of aliphatic hydroxyl groups excluding tert-OH is 2. The summed E-state index contributed by atoms with van der Waals surface area (Å²) in [5.74, 6) is 0.317. The number of sulfonamides is 1. The van der Waals surface area contributed by atoms with Gasteiger partial charge in [0.2, 0.25) is 10.0 Å². The van der Waals surface area contributed by atoms with Crippen molar-refractivity contribution >= 4 is 21.6 Å². The molecule has 1 aromatic rings. The quantitative estimate of drug-likeness (QED) is 0.714. The van der Waals surface area contributed by atoms with E-state index in [4.69, 9.17) is 21.8 Å². The van der Waals surface area contributed by atoms with Crippen molar-refractivity contribution < 1.29 is 18.6 Å². The Labute approximate surface area is 112 Å². The summed E-state index contributed by atoms with van der Waals surface area (Å²) >= 11 is 5.63. The molecule has 0 bridgehead atoms. The second-order valence-corrected chi connectivity index (χ2v) is 5.83. The molecule has 0 unspecified atom stereocenters. The summed E-state index contributed by atoms with van der Waals surface area (Å²) in [6, 6.07) is 6.20. The van der Waals surface area contributed by atoms with Crippen LogP contribution in [0.3, 0.4) is 0 Å². The summed E-state index contributed by atoms with van der Waals surface area (Å²) in [7, 11) is -3.68. The van der Waals surface area contributed by atoms with Gasteiger partial charge in [-0.3, -0.25) is 0 Å². The number of nitrogens with zero attached hydrogens (tertiary/aromatic N) is 1. The fourth-order valence-electron chi connectivity index (χ4n) is 1.47. The molecule has 7 heteroatoms. The maximum atomic E-state index is 12.2. The number of aliphatic hydroxyl groups is 2. The highest BCUT2D eigenvalue weighted by molar-refractivity contribution is 7.89. The van der Waals surface area contributed by atoms with E-state index in [9.17, 15) is 8.42 Å². The molecule has 0 heterocycles. The van der Waals surface area contributed by atoms with Crippen LogP contribution in [0.5, 0.6) is 0 Å². The normalized spacial score (nSPS) is 12.0. The number of rotatable bonds is 7. The van der Waals surface area contributed by atoms with Gasteiger partial charge in [0.05, 0.1) is 18.1 Å². The lowest BCUT2D eigenvalue weighted by Crippen LogP contribution is -2.35. The van der Waals surface area contributed by atoms with Crippen LogP contribution in [-0.2, 0) is 15.9 Å². The summed E-state index contributed by atoms with van der Waals surface area (Å²) in [6.07, 6.45) is 0. The third kappa shape index (κ3) is 3.66. The maximum Gasteiger partial charge on any atom is 0.243 e. The van der Waals surface area contributed by atoms with Crippen LogP contribution in [0.1, 0.15) is 5.56 Å². The van der Waals surface area contributed by atoms with Crippen molar-refractivity contribution in [2.75, 3.05) is 26.3 Å². The third-order valence-corrected chi connectivity index (χ3v) is 4.64. The van der Waals surface area contributed by atoms with Gasteiger partial charge < -0.3 is 10.2 Å². The third-order valence-electron chi connectivity index (χ3n) is 2.41. The molecule has 2 N–H and O–H groups in total. The predicted octanol–water partition coefficient (Wildman–Crippen LogP) is 0.401. The van der Waals surface area contributed by atoms with Gasteiger partial charge in [0.15, 0.2) is 0 Å². The van der Waals surface area contributed by atoms with Gasteiger partial charge in [-0.2, -0.15) is 4.31 Å². The van der Waals surface area contributed by atoms with E-state index in [0.717, 1.165) is 9.87 Å². The van der Waals surface area contributed by atoms with E-state index in [1.165, 1.54) is 12.1 Å². The van der Waals surface area contributed by atoms with Gasteiger partial charge in [-0.05, 0) is 17.7 Å². The highest BCUT2D eigenvalue weighted by Gasteiger charge is 2.23. The molecule has 1 rings (SSSR count). The first-order chi connectivity index (χ1) is 8.56. The van der Waals surface area contributed by atoms with Gasteiger partial charge in [0.25, 0.3) is 0 Å². The largest absolute Gasteiger partial charge is 0.395 e. The summed E-state index contributed by atoms with van der Waals surface area (Å²) in [4.78, 5) is 0.123. The minimum atomic E-state index is -3.68. The van der Waals surface area contributed by atoms with Gasteiger partial charge in [-0.1, -0.05) is 12.1 Å². The molecule has 0 atom stereocenters. The Kier molecular flexibility index (Phi) is 6.04. The molecule has 0 saturated heterocycles. The Bertz CT molecular complexity index is 454. The monoisotopic (exact) mass is 293 g/mol. The topological polar surface area (TPSA) is 77.8 Å². The average Bonchev–Trinajstić information content (AvgIpc) is 2.38. The predicted molar refractivity (Wildman–Crippen MR) is 68.9 cm³/mol. The highest BCUT2D eigenvalue weighted by Crippen LogP contribution is 2.16. The molecule has 0 radical (unpaired) electrons. The molecule has 0 aromatic heterocycles. The Morgan fingerprint density at radius 3 is 1.94 bits per heavy atom. The summed E-state index contributed by atoms with van der Waals surface area (Å²) < 4.78 is 25.4. The highest BCUT2D eigenvalue weighted by atomic mass is 35.5. The standard InChI is InChI=1S/C11H16ClNO4S/c12-9-10-1-3-11(4-2-10)18(16,17)13(5-7-14)6-8-15/h1-4,14-15H,5-9H2. The first-order valence-corrected chi connectivity index (χ1v) is 7.40. The van der Waals surface area contributed by atoms with Crippen LogP contribution in [0, 0.1) is 0 Å². The SMILES string of the molecule is O=S(=O)(c1ccc(CCl)cc1)N(CCO)CCO. The Balaban J connectivity index is 3.01. The van der Waals surface area contributed by atoms with Crippen molar-refractivity contribution in [2.24, 2.45) is 0 Å². The number of hydrogen-bond donors (Lipinski definition) is 2. The van der Waals surface area contributed by atoms with E-state index < -0.39 is 10.0 Å². The molecular formula is C11H16ClNO4S. The average molecular weight is 294 g/mol. The van der Waals surface area contributed by atoms with Crippen LogP contribution in [0.15, 0.2) is 29.2 Å². The molecule has 0 spiro atoms. The van der Waals surface area contributed by atoms with E-state index in [1.807, 2.05) is 0 Å². The lowest BCUT2D eigenvalue weighted by molar-refractivity contribution is 0.217. The molecule has 0 fully saturated rings. The van der Waals surface area contributed by atoms with Crippen molar-refractivity contribution in [3.05, 3.63) is 29.8 Å². The van der Waals surface area contributed by atoms with Crippen molar-refractivity contribution in [2.45, 2.75) is 10.8 Å². The van der Waals surface area contributed by atoms with Crippen molar-refractivity contribution in [3.8, 4) is 0 Å². The second kappa shape index (κ2) is 7.06. The second-order valence-electron chi connectivity index (χ2n) is 3.63. The first kappa shape index (κ1) is 15.4. The van der Waals surface area contributed by atoms with Crippen LogP contribution in [-0.4, -0.2) is 49.2 Å². The van der Waals surface area contributed by atoms with Crippen LogP contribution < -0.4 is 0 Å². The minimum absolute atomic E-state index is 0.0415. The molecule has 0 saturated carbocycles. The van der Waals surface area contributed by atoms with Crippen LogP contribution in [0.2, 0.25) is 0 Å². The maximum absolute atomic E-state index is 12.2. The van der Waals surface area contributed by atoms with E-state index in [1.54, 1.807) is 12.1 Å². The van der Waals surface area contributed by atoms with Gasteiger partial charge in [0, 0.05) is 19.0 Å². The molecule has 0 aliphatic carbocycles. The molecule has 5 nitrogen and oxygen atoms in total. The van der Waals surface area contributed by atoms with Gasteiger partial charge in [0.1, 0.15) is 0 Å². The molecule has 1 aromatic carbocycles. The smallest absolute Gasteiger partial charge is 0.243 e. The van der Waals surface area contributed by atoms with E-state index in [2.05, 4.69) is 0 Å². The fourth-order valence-corrected chi connectivity index (χ4v) is 3.08. The molecular weight excluding hydrogens is 278 g/mol. The van der Waals surface area contributed by atoms with E-state index >= 15 is 0 Å². The van der Waals surface area contributed by atoms with Gasteiger partial charge >= 0.3 is 0 Å². The minimum Gasteiger partial charge on any atom is -0.395 e. The molecule has 0 amide bonds. The zero-order valence-electron chi connectivity index (χ0n) is 9.79. The van der Waals surface area contributed by atoms with Crippen LogP contribution in [0.4, 0.5) is 0 Å². The molecule has 18 heavy (non-hydrogen) atoms. The Morgan fingerprint density at radius 1 is 1.06 bits per heavy atom. The summed E-state index contributed by atoms with van der Waals surface area (Å²) in [5, 5.41) is 17.7. The van der Waals surface area contributed by atoms with Gasteiger partial charge in [-0.25, -0.2) is 8.42 Å². The zero-order chi connectivity index (χ0) is 13.6. The van der Waals surface area contributed by atoms with Crippen molar-refractivity contribution in [1.82, 2.24) is 4.31 Å². The molecule has 0 aliphatic rings. The van der Waals surface area contributed by atoms with Crippen molar-refractivity contribution in [3.63, 3.8) is 0 Å². The Hall–Kier alpha value is -0.660. The zero-order valence-corrected chi connectivity index (χ0v) is 11.4. The Morgan fingerprint density at radius 2 is 1.56 bits per heavy atom. The lowest BCUT2D eigenvalue weighted by Gasteiger charge is -2.20. The van der Waals surface area contributed by atoms with Crippen molar-refractivity contribution in [1.29, 1.82) is 0 Å². The number of alkyl halides is 1. The number of benzene rings is 1. The van der Waals surface area contributed by atoms with Crippen LogP contribution >= 0.6 is 11.6 Å². The first-order valence-electron chi connectivity index (χ1n) is 5.43. The van der Waals surface area contributed by atoms with Crippen LogP contribution in [0.25, 0.3) is 0 Å². The summed E-state index contributed by atoms with van der Waals surface area (Å²) in [5.41, 5.74) is 0.825. The number of hydrogen-bond acceptors (Lipinski definition) is 4. The molecule has 102 valence electrons. The lowest BCUT2D eigenvalue weighted by atomic mass is 10.2. The van der Waals surface area contributed by atoms with E-state index in [0.29, 0.717) is 5.88 Å². The van der Waals surface area contributed by atoms with Gasteiger partial charge in [-0.15, -0.1) is 11.6 Å². The fraction of sp³-hybridized carbons (Fsp3) is 0.455. The number of halogens is 1. The summed E-state index contributed by atoms with van der Waals surface area (Å²) in [6.45, 7) is -0.668. The van der Waals surface area contributed by atoms with E-state index in [-0.39, 0.29) is 31.2 Å².